The van der Waals surface area contributed by atoms with Crippen molar-refractivity contribution >= 4 is 33.2 Å². The molecular weight excluding hydrogens is 369 g/mol. The molecule has 0 fully saturated rings. The SMILES string of the molecule is CN(CC(=O)Nc1cccc(Cl)c1F)S(=O)(=O)c1ccc(C#N)cc1. The summed E-state index contributed by atoms with van der Waals surface area (Å²) >= 11 is 5.62. The van der Waals surface area contributed by atoms with Gasteiger partial charge < -0.3 is 5.32 Å². The van der Waals surface area contributed by atoms with Gasteiger partial charge in [-0.05, 0) is 36.4 Å². The number of halogens is 2. The van der Waals surface area contributed by atoms with Crippen molar-refractivity contribution in [3.8, 4) is 6.07 Å². The number of benzene rings is 2. The van der Waals surface area contributed by atoms with Gasteiger partial charge in [-0.2, -0.15) is 9.57 Å². The molecular formula is C16H13ClFN3O3S. The van der Waals surface area contributed by atoms with E-state index in [1.807, 2.05) is 6.07 Å². The van der Waals surface area contributed by atoms with Crippen LogP contribution in [0.3, 0.4) is 0 Å². The molecule has 25 heavy (non-hydrogen) atoms. The second-order valence-electron chi connectivity index (χ2n) is 5.05. The fraction of sp³-hybridized carbons (Fsp3) is 0.125. The minimum absolute atomic E-state index is 0.0595. The van der Waals surface area contributed by atoms with Gasteiger partial charge in [0.05, 0.1) is 33.8 Å². The molecule has 1 amide bonds. The summed E-state index contributed by atoms with van der Waals surface area (Å²) in [5.74, 6) is -1.52. The zero-order chi connectivity index (χ0) is 18.6. The van der Waals surface area contributed by atoms with Gasteiger partial charge in [0.15, 0.2) is 5.82 Å². The van der Waals surface area contributed by atoms with E-state index in [0.29, 0.717) is 5.56 Å². The summed E-state index contributed by atoms with van der Waals surface area (Å²) in [6.45, 7) is -0.520. The summed E-state index contributed by atoms with van der Waals surface area (Å²) in [6.07, 6.45) is 0. The maximum absolute atomic E-state index is 13.8. The fourth-order valence-electron chi connectivity index (χ4n) is 1.96. The molecule has 0 saturated heterocycles. The highest BCUT2D eigenvalue weighted by Crippen LogP contribution is 2.22. The van der Waals surface area contributed by atoms with Crippen molar-refractivity contribution in [1.82, 2.24) is 4.31 Å². The number of nitrogens with zero attached hydrogens (tertiary/aromatic N) is 2. The van der Waals surface area contributed by atoms with Crippen LogP contribution in [0.15, 0.2) is 47.4 Å². The average Bonchev–Trinajstić information content (AvgIpc) is 2.59. The summed E-state index contributed by atoms with van der Waals surface area (Å²) < 4.78 is 39.4. The molecule has 0 saturated carbocycles. The van der Waals surface area contributed by atoms with Gasteiger partial charge >= 0.3 is 0 Å². The molecule has 2 aromatic carbocycles. The van der Waals surface area contributed by atoms with Gasteiger partial charge in [0, 0.05) is 7.05 Å². The maximum Gasteiger partial charge on any atom is 0.243 e. The van der Waals surface area contributed by atoms with E-state index in [2.05, 4.69) is 5.32 Å². The zero-order valence-corrected chi connectivity index (χ0v) is 14.6. The molecule has 2 aromatic rings. The minimum Gasteiger partial charge on any atom is -0.322 e. The number of nitriles is 1. The summed E-state index contributed by atoms with van der Waals surface area (Å²) in [4.78, 5) is 11.9. The van der Waals surface area contributed by atoms with Crippen LogP contribution in [0.5, 0.6) is 0 Å². The highest BCUT2D eigenvalue weighted by atomic mass is 35.5. The Bertz CT molecular complexity index is 940. The van der Waals surface area contributed by atoms with Gasteiger partial charge in [0.1, 0.15) is 0 Å². The van der Waals surface area contributed by atoms with E-state index in [4.69, 9.17) is 16.9 Å². The summed E-state index contributed by atoms with van der Waals surface area (Å²) in [6, 6.07) is 11.3. The monoisotopic (exact) mass is 381 g/mol. The molecule has 2 rings (SSSR count). The lowest BCUT2D eigenvalue weighted by Gasteiger charge is -2.17. The van der Waals surface area contributed by atoms with Crippen molar-refractivity contribution in [2.24, 2.45) is 0 Å². The summed E-state index contributed by atoms with van der Waals surface area (Å²) in [5.41, 5.74) is 0.178. The van der Waals surface area contributed by atoms with E-state index in [0.717, 1.165) is 4.31 Å². The van der Waals surface area contributed by atoms with Gasteiger partial charge in [0.25, 0.3) is 0 Å². The van der Waals surface area contributed by atoms with Gasteiger partial charge in [-0.25, -0.2) is 12.8 Å². The van der Waals surface area contributed by atoms with Crippen molar-refractivity contribution < 1.29 is 17.6 Å². The number of amides is 1. The Kier molecular flexibility index (Phi) is 5.74. The van der Waals surface area contributed by atoms with Crippen molar-refractivity contribution in [2.45, 2.75) is 4.90 Å². The highest BCUT2D eigenvalue weighted by molar-refractivity contribution is 7.89. The Morgan fingerprint density at radius 1 is 1.28 bits per heavy atom. The van der Waals surface area contributed by atoms with Crippen molar-refractivity contribution in [3.05, 3.63) is 58.9 Å². The average molecular weight is 382 g/mol. The topological polar surface area (TPSA) is 90.3 Å². The Balaban J connectivity index is 2.11. The molecule has 1 N–H and O–H groups in total. The fourth-order valence-corrected chi connectivity index (χ4v) is 3.26. The molecule has 0 aliphatic heterocycles. The van der Waals surface area contributed by atoms with Crippen LogP contribution in [0.1, 0.15) is 5.56 Å². The Labute approximate surface area is 149 Å². The van der Waals surface area contributed by atoms with Crippen LogP contribution >= 0.6 is 11.6 Å². The maximum atomic E-state index is 13.8. The molecule has 0 aliphatic carbocycles. The largest absolute Gasteiger partial charge is 0.322 e. The first kappa shape index (κ1) is 18.9. The van der Waals surface area contributed by atoms with Crippen molar-refractivity contribution in [1.29, 1.82) is 5.26 Å². The van der Waals surface area contributed by atoms with Crippen LogP contribution < -0.4 is 5.32 Å². The molecule has 6 nitrogen and oxygen atoms in total. The normalized spacial score (nSPS) is 11.2. The molecule has 0 aliphatic rings. The van der Waals surface area contributed by atoms with E-state index in [-0.39, 0.29) is 15.6 Å². The van der Waals surface area contributed by atoms with Gasteiger partial charge in [-0.3, -0.25) is 4.79 Å². The van der Waals surface area contributed by atoms with Crippen LogP contribution in [-0.4, -0.2) is 32.2 Å². The van der Waals surface area contributed by atoms with Crippen LogP contribution in [-0.2, 0) is 14.8 Å². The Hall–Kier alpha value is -2.47. The summed E-state index contributed by atoms with van der Waals surface area (Å²) in [7, 11) is -2.70. The molecule has 0 unspecified atom stereocenters. The Morgan fingerprint density at radius 2 is 1.92 bits per heavy atom. The number of nitrogens with one attached hydrogen (secondary N) is 1. The third-order valence-corrected chi connectivity index (χ3v) is 5.39. The standard InChI is InChI=1S/C16H13ClFN3O3S/c1-21(25(23,24)12-7-5-11(9-19)6-8-12)10-15(22)20-14-4-2-3-13(17)16(14)18/h2-8H,10H2,1H3,(H,20,22). The first-order valence-electron chi connectivity index (χ1n) is 6.96. The first-order valence-corrected chi connectivity index (χ1v) is 8.78. The van der Waals surface area contributed by atoms with Crippen molar-refractivity contribution in [3.63, 3.8) is 0 Å². The van der Waals surface area contributed by atoms with E-state index in [9.17, 15) is 17.6 Å². The number of likely N-dealkylation sites (N-methyl/N-ethyl adjacent to an activating group) is 1. The smallest absolute Gasteiger partial charge is 0.243 e. The van der Waals surface area contributed by atoms with E-state index >= 15 is 0 Å². The number of carbonyl (C=O) groups excluding carboxylic acids is 1. The lowest BCUT2D eigenvalue weighted by molar-refractivity contribution is -0.116. The number of sulfonamides is 1. The molecule has 0 spiro atoms. The second kappa shape index (κ2) is 7.61. The molecule has 0 heterocycles. The molecule has 0 bridgehead atoms. The van der Waals surface area contributed by atoms with Crippen LogP contribution in [0.4, 0.5) is 10.1 Å². The highest BCUT2D eigenvalue weighted by Gasteiger charge is 2.23. The lowest BCUT2D eigenvalue weighted by atomic mass is 10.2. The third kappa shape index (κ3) is 4.33. The molecule has 0 aromatic heterocycles. The Morgan fingerprint density at radius 3 is 2.52 bits per heavy atom. The number of rotatable bonds is 5. The predicted octanol–water partition coefficient (Wildman–Crippen LogP) is 2.61. The number of hydrogen-bond acceptors (Lipinski definition) is 4. The van der Waals surface area contributed by atoms with E-state index < -0.39 is 28.3 Å². The van der Waals surface area contributed by atoms with E-state index in [1.54, 1.807) is 0 Å². The predicted molar refractivity (Wildman–Crippen MR) is 91.0 cm³/mol. The second-order valence-corrected chi connectivity index (χ2v) is 7.50. The van der Waals surface area contributed by atoms with Crippen LogP contribution in [0, 0.1) is 17.1 Å². The van der Waals surface area contributed by atoms with Gasteiger partial charge in [-0.1, -0.05) is 17.7 Å². The zero-order valence-electron chi connectivity index (χ0n) is 13.0. The van der Waals surface area contributed by atoms with Crippen molar-refractivity contribution in [2.75, 3.05) is 18.9 Å². The molecule has 0 radical (unpaired) electrons. The number of anilines is 1. The minimum atomic E-state index is -3.93. The van der Waals surface area contributed by atoms with Crippen LogP contribution in [0.2, 0.25) is 5.02 Å². The lowest BCUT2D eigenvalue weighted by Crippen LogP contribution is -2.35. The molecule has 9 heteroatoms. The quantitative estimate of drug-likeness (QED) is 0.861. The number of hydrogen-bond donors (Lipinski definition) is 1. The molecule has 130 valence electrons. The number of carbonyl (C=O) groups is 1. The summed E-state index contributed by atoms with van der Waals surface area (Å²) in [5, 5.41) is 10.9. The first-order chi connectivity index (χ1) is 11.8. The molecule has 0 atom stereocenters. The van der Waals surface area contributed by atoms with Crippen LogP contribution in [0.25, 0.3) is 0 Å². The van der Waals surface area contributed by atoms with E-state index in [1.165, 1.54) is 49.5 Å². The van der Waals surface area contributed by atoms with Gasteiger partial charge in [-0.15, -0.1) is 0 Å². The third-order valence-electron chi connectivity index (χ3n) is 3.28. The van der Waals surface area contributed by atoms with Gasteiger partial charge in [0.2, 0.25) is 15.9 Å².